The molecule has 0 fully saturated rings. The molecule has 2 N–H and O–H groups in total. The standard InChI is InChI=1S/C13H18N2OS/c1-4-10-5-6-12(16-10)11(14)7-13-15-8(2)9(3)17-13/h5-6,11H,4,7,14H2,1-3H3. The highest BCUT2D eigenvalue weighted by atomic mass is 32.1. The summed E-state index contributed by atoms with van der Waals surface area (Å²) in [5, 5.41) is 1.09. The highest BCUT2D eigenvalue weighted by molar-refractivity contribution is 7.11. The number of thiazole rings is 1. The predicted octanol–water partition coefficient (Wildman–Crippen LogP) is 3.16. The van der Waals surface area contributed by atoms with Crippen LogP contribution < -0.4 is 5.73 Å². The first-order valence-corrected chi connectivity index (χ1v) is 6.69. The normalized spacial score (nSPS) is 12.9. The van der Waals surface area contributed by atoms with Crippen molar-refractivity contribution in [2.24, 2.45) is 5.73 Å². The van der Waals surface area contributed by atoms with Crippen LogP contribution in [0.1, 0.15) is 40.1 Å². The summed E-state index contributed by atoms with van der Waals surface area (Å²) in [6.45, 7) is 6.19. The SMILES string of the molecule is CCc1ccc(C(N)Cc2nc(C)c(C)s2)o1. The molecule has 0 spiro atoms. The number of aryl methyl sites for hydroxylation is 3. The van der Waals surface area contributed by atoms with E-state index in [1.165, 1.54) is 4.88 Å². The fraction of sp³-hybridized carbons (Fsp3) is 0.462. The van der Waals surface area contributed by atoms with Crippen LogP contribution in [0.4, 0.5) is 0 Å². The molecule has 17 heavy (non-hydrogen) atoms. The van der Waals surface area contributed by atoms with E-state index in [1.807, 2.05) is 19.1 Å². The molecule has 0 aliphatic rings. The smallest absolute Gasteiger partial charge is 0.121 e. The third-order valence-corrected chi connectivity index (χ3v) is 3.96. The van der Waals surface area contributed by atoms with Crippen molar-refractivity contribution in [1.29, 1.82) is 0 Å². The van der Waals surface area contributed by atoms with Gasteiger partial charge in [-0.2, -0.15) is 0 Å². The van der Waals surface area contributed by atoms with Gasteiger partial charge in [-0.3, -0.25) is 0 Å². The molecular weight excluding hydrogens is 232 g/mol. The summed E-state index contributed by atoms with van der Waals surface area (Å²) in [6.07, 6.45) is 1.65. The Hall–Kier alpha value is -1.13. The van der Waals surface area contributed by atoms with Crippen LogP contribution in [0.2, 0.25) is 0 Å². The van der Waals surface area contributed by atoms with Crippen molar-refractivity contribution < 1.29 is 4.42 Å². The van der Waals surface area contributed by atoms with Crippen LogP contribution >= 0.6 is 11.3 Å². The van der Waals surface area contributed by atoms with Gasteiger partial charge in [-0.05, 0) is 26.0 Å². The molecule has 0 aliphatic carbocycles. The molecule has 0 saturated carbocycles. The van der Waals surface area contributed by atoms with E-state index in [9.17, 15) is 0 Å². The van der Waals surface area contributed by atoms with Crippen LogP contribution in [0.3, 0.4) is 0 Å². The molecule has 0 amide bonds. The largest absolute Gasteiger partial charge is 0.464 e. The van der Waals surface area contributed by atoms with Crippen LogP contribution in [0.15, 0.2) is 16.5 Å². The fourth-order valence-electron chi connectivity index (χ4n) is 1.70. The third-order valence-electron chi connectivity index (χ3n) is 2.86. The van der Waals surface area contributed by atoms with E-state index in [0.29, 0.717) is 0 Å². The maximum atomic E-state index is 6.13. The molecule has 1 atom stereocenters. The van der Waals surface area contributed by atoms with Gasteiger partial charge in [0.1, 0.15) is 11.5 Å². The molecule has 3 nitrogen and oxygen atoms in total. The van der Waals surface area contributed by atoms with Crippen LogP contribution in [0.25, 0.3) is 0 Å². The number of nitrogens with two attached hydrogens (primary N) is 1. The molecule has 2 aromatic heterocycles. The van der Waals surface area contributed by atoms with E-state index in [4.69, 9.17) is 10.2 Å². The minimum atomic E-state index is -0.0970. The van der Waals surface area contributed by atoms with Gasteiger partial charge in [-0.25, -0.2) is 4.98 Å². The number of nitrogens with zero attached hydrogens (tertiary/aromatic N) is 1. The number of hydrogen-bond acceptors (Lipinski definition) is 4. The van der Waals surface area contributed by atoms with E-state index >= 15 is 0 Å². The van der Waals surface area contributed by atoms with Crippen molar-refractivity contribution >= 4 is 11.3 Å². The van der Waals surface area contributed by atoms with Gasteiger partial charge in [0.2, 0.25) is 0 Å². The maximum absolute atomic E-state index is 6.13. The first-order chi connectivity index (χ1) is 8.10. The molecule has 4 heteroatoms. The molecule has 0 saturated heterocycles. The number of aromatic nitrogens is 1. The Balaban J connectivity index is 2.08. The van der Waals surface area contributed by atoms with Gasteiger partial charge in [-0.1, -0.05) is 6.92 Å². The van der Waals surface area contributed by atoms with E-state index in [0.717, 1.165) is 35.1 Å². The van der Waals surface area contributed by atoms with Crippen LogP contribution in [0.5, 0.6) is 0 Å². The molecule has 0 aromatic carbocycles. The topological polar surface area (TPSA) is 52.0 Å². The van der Waals surface area contributed by atoms with Gasteiger partial charge in [0.25, 0.3) is 0 Å². The maximum Gasteiger partial charge on any atom is 0.121 e. The summed E-state index contributed by atoms with van der Waals surface area (Å²) in [4.78, 5) is 5.76. The Morgan fingerprint density at radius 2 is 2.18 bits per heavy atom. The van der Waals surface area contributed by atoms with Crippen LogP contribution in [0, 0.1) is 13.8 Å². The molecule has 2 heterocycles. The van der Waals surface area contributed by atoms with Gasteiger partial charge in [-0.15, -0.1) is 11.3 Å². The Kier molecular flexibility index (Phi) is 3.64. The van der Waals surface area contributed by atoms with Gasteiger partial charge >= 0.3 is 0 Å². The average Bonchev–Trinajstić information content (AvgIpc) is 2.87. The summed E-state index contributed by atoms with van der Waals surface area (Å²) in [5.74, 6) is 1.84. The fourth-order valence-corrected chi connectivity index (χ4v) is 2.69. The number of furan rings is 1. The molecule has 0 bridgehead atoms. The minimum Gasteiger partial charge on any atom is -0.464 e. The Morgan fingerprint density at radius 1 is 1.41 bits per heavy atom. The van der Waals surface area contributed by atoms with Crippen LogP contribution in [-0.2, 0) is 12.8 Å². The Labute approximate surface area is 106 Å². The second-order valence-corrected chi connectivity index (χ2v) is 5.51. The van der Waals surface area contributed by atoms with E-state index in [-0.39, 0.29) is 6.04 Å². The zero-order valence-electron chi connectivity index (χ0n) is 10.5. The van der Waals surface area contributed by atoms with E-state index in [1.54, 1.807) is 11.3 Å². The lowest BCUT2D eigenvalue weighted by Gasteiger charge is -2.05. The summed E-state index contributed by atoms with van der Waals surface area (Å²) < 4.78 is 5.66. The quantitative estimate of drug-likeness (QED) is 0.906. The first-order valence-electron chi connectivity index (χ1n) is 5.87. The van der Waals surface area contributed by atoms with Crippen molar-refractivity contribution in [3.8, 4) is 0 Å². The zero-order chi connectivity index (χ0) is 12.4. The lowest BCUT2D eigenvalue weighted by molar-refractivity contribution is 0.434. The Morgan fingerprint density at radius 3 is 2.71 bits per heavy atom. The third kappa shape index (κ3) is 2.76. The lowest BCUT2D eigenvalue weighted by Crippen LogP contribution is -2.12. The van der Waals surface area contributed by atoms with Crippen LogP contribution in [-0.4, -0.2) is 4.98 Å². The highest BCUT2D eigenvalue weighted by Crippen LogP contribution is 2.23. The molecule has 0 radical (unpaired) electrons. The summed E-state index contributed by atoms with van der Waals surface area (Å²) in [6, 6.07) is 3.87. The monoisotopic (exact) mass is 250 g/mol. The first kappa shape index (κ1) is 12.3. The average molecular weight is 250 g/mol. The molecule has 0 aliphatic heterocycles. The second kappa shape index (κ2) is 5.02. The number of hydrogen-bond donors (Lipinski definition) is 1. The molecule has 1 unspecified atom stereocenters. The van der Waals surface area contributed by atoms with Gasteiger partial charge in [0.05, 0.1) is 16.7 Å². The molecule has 2 aromatic rings. The highest BCUT2D eigenvalue weighted by Gasteiger charge is 2.14. The summed E-state index contributed by atoms with van der Waals surface area (Å²) in [5.41, 5.74) is 7.23. The van der Waals surface area contributed by atoms with Crippen molar-refractivity contribution in [2.45, 2.75) is 39.7 Å². The van der Waals surface area contributed by atoms with E-state index < -0.39 is 0 Å². The number of rotatable bonds is 4. The molecular formula is C13H18N2OS. The lowest BCUT2D eigenvalue weighted by atomic mass is 10.2. The Bertz CT molecular complexity index is 482. The van der Waals surface area contributed by atoms with Gasteiger partial charge < -0.3 is 10.2 Å². The minimum absolute atomic E-state index is 0.0970. The summed E-state index contributed by atoms with van der Waals surface area (Å²) in [7, 11) is 0. The second-order valence-electron chi connectivity index (χ2n) is 4.22. The van der Waals surface area contributed by atoms with E-state index in [2.05, 4.69) is 18.8 Å². The zero-order valence-corrected chi connectivity index (χ0v) is 11.3. The predicted molar refractivity (Wildman–Crippen MR) is 70.3 cm³/mol. The van der Waals surface area contributed by atoms with Gasteiger partial charge in [0.15, 0.2) is 0 Å². The van der Waals surface area contributed by atoms with Crippen molar-refractivity contribution in [3.63, 3.8) is 0 Å². The molecule has 92 valence electrons. The van der Waals surface area contributed by atoms with Crippen molar-refractivity contribution in [3.05, 3.63) is 39.2 Å². The molecule has 2 rings (SSSR count). The van der Waals surface area contributed by atoms with Crippen molar-refractivity contribution in [2.75, 3.05) is 0 Å². The summed E-state index contributed by atoms with van der Waals surface area (Å²) >= 11 is 1.72. The van der Waals surface area contributed by atoms with Gasteiger partial charge in [0, 0.05) is 17.7 Å². The van der Waals surface area contributed by atoms with Crippen molar-refractivity contribution in [1.82, 2.24) is 4.98 Å².